The van der Waals surface area contributed by atoms with Crippen molar-refractivity contribution in [1.82, 2.24) is 20.2 Å². The van der Waals surface area contributed by atoms with Crippen LogP contribution >= 0.6 is 31.9 Å². The Kier molecular flexibility index (Phi) is 5.12. The number of hydrogen-bond acceptors (Lipinski definition) is 5. The third kappa shape index (κ3) is 3.81. The number of halogens is 2. The Morgan fingerprint density at radius 2 is 2.09 bits per heavy atom. The van der Waals surface area contributed by atoms with Gasteiger partial charge in [0.2, 0.25) is 5.95 Å². The van der Waals surface area contributed by atoms with E-state index in [1.54, 1.807) is 4.68 Å². The summed E-state index contributed by atoms with van der Waals surface area (Å²) in [4.78, 5) is 0. The van der Waals surface area contributed by atoms with Crippen LogP contribution in [0.15, 0.2) is 43.7 Å². The van der Waals surface area contributed by atoms with E-state index in [2.05, 4.69) is 59.6 Å². The summed E-state index contributed by atoms with van der Waals surface area (Å²) < 4.78 is 9.65. The second-order valence-corrected chi connectivity index (χ2v) is 6.74. The van der Waals surface area contributed by atoms with Gasteiger partial charge >= 0.3 is 0 Å². The highest BCUT2D eigenvalue weighted by Crippen LogP contribution is 2.32. The number of anilines is 1. The predicted octanol–water partition coefficient (Wildman–Crippen LogP) is 4.48. The molecular weight excluding hydrogens is 426 g/mol. The quantitative estimate of drug-likeness (QED) is 0.611. The molecular formula is C15H15Br2N5O. The van der Waals surface area contributed by atoms with Crippen LogP contribution in [0, 0.1) is 0 Å². The SMILES string of the molecule is CCCn1nnnc1NCc1ccc(-c2ccc(Br)cc2Br)o1. The van der Waals surface area contributed by atoms with E-state index < -0.39 is 0 Å². The maximum Gasteiger partial charge on any atom is 0.243 e. The smallest absolute Gasteiger partial charge is 0.243 e. The van der Waals surface area contributed by atoms with E-state index in [-0.39, 0.29) is 0 Å². The monoisotopic (exact) mass is 439 g/mol. The van der Waals surface area contributed by atoms with Gasteiger partial charge in [-0.3, -0.25) is 0 Å². The molecule has 0 bridgehead atoms. The Balaban J connectivity index is 1.71. The maximum atomic E-state index is 5.90. The lowest BCUT2D eigenvalue weighted by atomic mass is 10.2. The molecule has 2 aromatic heterocycles. The maximum absolute atomic E-state index is 5.90. The van der Waals surface area contributed by atoms with E-state index in [0.717, 1.165) is 39.0 Å². The number of rotatable bonds is 6. The fraction of sp³-hybridized carbons (Fsp3) is 0.267. The fourth-order valence-corrected chi connectivity index (χ4v) is 3.41. The lowest BCUT2D eigenvalue weighted by molar-refractivity contribution is 0.528. The standard InChI is InChI=1S/C15H15Br2N5O/c1-2-7-22-15(19-20-21-22)18-9-11-4-6-14(23-11)12-5-3-10(16)8-13(12)17/h3-6,8H,2,7,9H2,1H3,(H,18,19,21). The van der Waals surface area contributed by atoms with Gasteiger partial charge in [-0.05, 0) is 63.1 Å². The number of furan rings is 1. The zero-order valence-electron chi connectivity index (χ0n) is 12.5. The van der Waals surface area contributed by atoms with Crippen LogP contribution in [0.2, 0.25) is 0 Å². The lowest BCUT2D eigenvalue weighted by Gasteiger charge is -2.05. The number of hydrogen-bond donors (Lipinski definition) is 1. The minimum Gasteiger partial charge on any atom is -0.459 e. The normalized spacial score (nSPS) is 10.9. The van der Waals surface area contributed by atoms with Crippen LogP contribution in [0.5, 0.6) is 0 Å². The Morgan fingerprint density at radius 3 is 2.87 bits per heavy atom. The largest absolute Gasteiger partial charge is 0.459 e. The Hall–Kier alpha value is -1.67. The van der Waals surface area contributed by atoms with Crippen molar-refractivity contribution < 1.29 is 4.42 Å². The molecule has 0 aliphatic heterocycles. The molecule has 120 valence electrons. The second-order valence-electron chi connectivity index (χ2n) is 4.97. The minimum atomic E-state index is 0.526. The van der Waals surface area contributed by atoms with Crippen molar-refractivity contribution in [3.05, 3.63) is 45.0 Å². The van der Waals surface area contributed by atoms with Gasteiger partial charge in [0.25, 0.3) is 0 Å². The third-order valence-corrected chi connectivity index (χ3v) is 4.40. The van der Waals surface area contributed by atoms with E-state index in [9.17, 15) is 0 Å². The minimum absolute atomic E-state index is 0.526. The van der Waals surface area contributed by atoms with Crippen molar-refractivity contribution in [2.45, 2.75) is 26.4 Å². The van der Waals surface area contributed by atoms with Crippen molar-refractivity contribution in [1.29, 1.82) is 0 Å². The molecule has 3 aromatic rings. The molecule has 1 aromatic carbocycles. The van der Waals surface area contributed by atoms with Crippen molar-refractivity contribution in [2.24, 2.45) is 0 Å². The third-order valence-electron chi connectivity index (χ3n) is 3.25. The molecule has 0 saturated carbocycles. The molecule has 0 aliphatic carbocycles. The highest BCUT2D eigenvalue weighted by atomic mass is 79.9. The van der Waals surface area contributed by atoms with E-state index >= 15 is 0 Å². The van der Waals surface area contributed by atoms with E-state index in [1.165, 1.54) is 0 Å². The van der Waals surface area contributed by atoms with Crippen molar-refractivity contribution in [3.8, 4) is 11.3 Å². The second kappa shape index (κ2) is 7.27. The van der Waals surface area contributed by atoms with Gasteiger partial charge in [-0.1, -0.05) is 28.0 Å². The van der Waals surface area contributed by atoms with Gasteiger partial charge in [-0.15, -0.1) is 0 Å². The summed E-state index contributed by atoms with van der Waals surface area (Å²) >= 11 is 7.00. The first-order valence-corrected chi connectivity index (χ1v) is 8.80. The van der Waals surface area contributed by atoms with Crippen molar-refractivity contribution in [3.63, 3.8) is 0 Å². The summed E-state index contributed by atoms with van der Waals surface area (Å²) in [5.41, 5.74) is 1.01. The Labute approximate surface area is 150 Å². The molecule has 3 rings (SSSR count). The van der Waals surface area contributed by atoms with Crippen LogP contribution < -0.4 is 5.32 Å². The van der Waals surface area contributed by atoms with Crippen LogP contribution in [0.3, 0.4) is 0 Å². The first kappa shape index (κ1) is 16.2. The average Bonchev–Trinajstić information content (AvgIpc) is 3.15. The number of aryl methyl sites for hydroxylation is 1. The molecule has 0 spiro atoms. The van der Waals surface area contributed by atoms with Crippen LogP contribution in [0.4, 0.5) is 5.95 Å². The van der Waals surface area contributed by atoms with E-state index in [0.29, 0.717) is 12.5 Å². The molecule has 0 atom stereocenters. The number of nitrogens with one attached hydrogen (secondary N) is 1. The van der Waals surface area contributed by atoms with Gasteiger partial charge in [0.05, 0.1) is 6.54 Å². The number of nitrogens with zero attached hydrogens (tertiary/aromatic N) is 4. The van der Waals surface area contributed by atoms with Gasteiger partial charge < -0.3 is 9.73 Å². The topological polar surface area (TPSA) is 68.8 Å². The van der Waals surface area contributed by atoms with Gasteiger partial charge in [0.15, 0.2) is 0 Å². The van der Waals surface area contributed by atoms with Crippen LogP contribution in [-0.2, 0) is 13.1 Å². The van der Waals surface area contributed by atoms with Gasteiger partial charge in [0, 0.05) is 21.1 Å². The molecule has 0 radical (unpaired) electrons. The summed E-state index contributed by atoms with van der Waals surface area (Å²) in [5, 5.41) is 14.8. The molecule has 0 amide bonds. The van der Waals surface area contributed by atoms with Gasteiger partial charge in [0.1, 0.15) is 11.5 Å². The fourth-order valence-electron chi connectivity index (χ4n) is 2.17. The molecule has 0 unspecified atom stereocenters. The number of aromatic nitrogens is 4. The predicted molar refractivity (Wildman–Crippen MR) is 95.0 cm³/mol. The molecule has 0 fully saturated rings. The molecule has 0 saturated heterocycles. The zero-order chi connectivity index (χ0) is 16.2. The molecule has 1 N–H and O–H groups in total. The summed E-state index contributed by atoms with van der Waals surface area (Å²) in [6, 6.07) is 9.89. The number of tetrazole rings is 1. The lowest BCUT2D eigenvalue weighted by Crippen LogP contribution is -2.08. The first-order valence-electron chi connectivity index (χ1n) is 7.21. The Morgan fingerprint density at radius 1 is 1.22 bits per heavy atom. The van der Waals surface area contributed by atoms with E-state index in [1.807, 2.05) is 30.3 Å². The molecule has 23 heavy (non-hydrogen) atoms. The summed E-state index contributed by atoms with van der Waals surface area (Å²) in [5.74, 6) is 2.28. The summed E-state index contributed by atoms with van der Waals surface area (Å²) in [7, 11) is 0. The van der Waals surface area contributed by atoms with Gasteiger partial charge in [-0.2, -0.15) is 0 Å². The van der Waals surface area contributed by atoms with E-state index in [4.69, 9.17) is 4.42 Å². The Bertz CT molecular complexity index is 799. The van der Waals surface area contributed by atoms with Crippen LogP contribution in [0.1, 0.15) is 19.1 Å². The first-order chi connectivity index (χ1) is 11.2. The van der Waals surface area contributed by atoms with Crippen LogP contribution in [-0.4, -0.2) is 20.2 Å². The summed E-state index contributed by atoms with van der Waals surface area (Å²) in [6.07, 6.45) is 0.974. The van der Waals surface area contributed by atoms with Crippen LogP contribution in [0.25, 0.3) is 11.3 Å². The molecule has 2 heterocycles. The van der Waals surface area contributed by atoms with Crippen molar-refractivity contribution in [2.75, 3.05) is 5.32 Å². The molecule has 8 heteroatoms. The van der Waals surface area contributed by atoms with Crippen molar-refractivity contribution >= 4 is 37.8 Å². The highest BCUT2D eigenvalue weighted by molar-refractivity contribution is 9.11. The van der Waals surface area contributed by atoms with Gasteiger partial charge in [-0.25, -0.2) is 4.68 Å². The number of benzene rings is 1. The molecule has 0 aliphatic rings. The highest BCUT2D eigenvalue weighted by Gasteiger charge is 2.10. The summed E-state index contributed by atoms with van der Waals surface area (Å²) in [6.45, 7) is 3.39. The molecule has 6 nitrogen and oxygen atoms in total. The average molecular weight is 441 g/mol. The zero-order valence-corrected chi connectivity index (χ0v) is 15.6.